The molecular formula is C16H18ClN5O. The fourth-order valence-electron chi connectivity index (χ4n) is 2.40. The van der Waals surface area contributed by atoms with Gasteiger partial charge in [-0.05, 0) is 24.3 Å². The van der Waals surface area contributed by atoms with E-state index in [1.165, 1.54) is 0 Å². The number of hydrogen-bond donors (Lipinski definition) is 1. The lowest BCUT2D eigenvalue weighted by atomic mass is 10.1. The third kappa shape index (κ3) is 2.98. The number of aromatic nitrogens is 2. The van der Waals surface area contributed by atoms with Gasteiger partial charge in [0.15, 0.2) is 0 Å². The number of halogens is 1. The van der Waals surface area contributed by atoms with Crippen LogP contribution in [0.1, 0.15) is 0 Å². The highest BCUT2D eigenvalue weighted by atomic mass is 35.5. The zero-order valence-electron chi connectivity index (χ0n) is 13.1. The summed E-state index contributed by atoms with van der Waals surface area (Å²) in [5.41, 5.74) is 3.09. The number of nitrogens with zero attached hydrogens (tertiary/aromatic N) is 4. The molecule has 0 unspecified atom stereocenters. The maximum Gasteiger partial charge on any atom is 0.146 e. The first-order valence-corrected chi connectivity index (χ1v) is 6.86. The Balaban J connectivity index is 0.00000192. The maximum atomic E-state index is 8.12. The normalized spacial score (nSPS) is 10.9. The first-order chi connectivity index (χ1) is 10.6. The largest absolute Gasteiger partial charge is 0.494 e. The lowest BCUT2D eigenvalue weighted by Gasteiger charge is -2.07. The highest BCUT2D eigenvalue weighted by Gasteiger charge is 2.15. The molecule has 120 valence electrons. The van der Waals surface area contributed by atoms with Crippen LogP contribution in [0.3, 0.4) is 0 Å². The molecule has 2 aliphatic rings. The average molecular weight is 332 g/mol. The molecule has 1 N–H and O–H groups in total. The Hall–Kier alpha value is -2.60. The Kier molecular flexibility index (Phi) is 4.86. The van der Waals surface area contributed by atoms with E-state index in [1.807, 2.05) is 60.0 Å². The van der Waals surface area contributed by atoms with E-state index in [-0.39, 0.29) is 12.4 Å². The molecule has 0 amide bonds. The van der Waals surface area contributed by atoms with Gasteiger partial charge in [-0.15, -0.1) is 22.6 Å². The first kappa shape index (κ1) is 16.8. The molecule has 1 aliphatic carbocycles. The van der Waals surface area contributed by atoms with E-state index in [4.69, 9.17) is 10.1 Å². The number of aryl methyl sites for hydroxylation is 1. The second-order valence-electron chi connectivity index (χ2n) is 5.00. The predicted octanol–water partition coefficient (Wildman–Crippen LogP) is 3.79. The van der Waals surface area contributed by atoms with Crippen LogP contribution >= 0.6 is 12.4 Å². The van der Waals surface area contributed by atoms with Gasteiger partial charge < -0.3 is 4.74 Å². The zero-order chi connectivity index (χ0) is 15.7. The molecule has 6 nitrogen and oxygen atoms in total. The number of ether oxygens (including phenoxy) is 1. The van der Waals surface area contributed by atoms with Gasteiger partial charge in [0, 0.05) is 25.9 Å². The molecule has 0 atom stereocenters. The molecule has 0 radical (unpaired) electrons. The van der Waals surface area contributed by atoms with Crippen molar-refractivity contribution in [3.63, 3.8) is 0 Å². The molecule has 0 saturated carbocycles. The fourth-order valence-corrected chi connectivity index (χ4v) is 2.40. The van der Waals surface area contributed by atoms with Gasteiger partial charge in [-0.2, -0.15) is 0 Å². The number of nitrogens with one attached hydrogen (secondary N) is 1. The molecule has 23 heavy (non-hydrogen) atoms. The molecule has 0 spiro atoms. The van der Waals surface area contributed by atoms with Crippen LogP contribution in [0.15, 0.2) is 52.8 Å². The van der Waals surface area contributed by atoms with Crippen molar-refractivity contribution in [1.82, 2.24) is 9.36 Å². The quantitative estimate of drug-likeness (QED) is 0.729. The van der Waals surface area contributed by atoms with E-state index in [2.05, 4.69) is 10.2 Å². The van der Waals surface area contributed by atoms with Crippen LogP contribution in [0.4, 0.5) is 11.4 Å². The van der Waals surface area contributed by atoms with E-state index in [9.17, 15) is 0 Å². The Morgan fingerprint density at radius 1 is 1.04 bits per heavy atom. The van der Waals surface area contributed by atoms with Crippen LogP contribution in [0.2, 0.25) is 0 Å². The topological polar surface area (TPSA) is 67.7 Å². The highest BCUT2D eigenvalue weighted by Crippen LogP contribution is 2.32. The van der Waals surface area contributed by atoms with Gasteiger partial charge >= 0.3 is 0 Å². The molecule has 1 aliphatic heterocycles. The second-order valence-corrected chi connectivity index (χ2v) is 5.00. The summed E-state index contributed by atoms with van der Waals surface area (Å²) in [6.07, 6.45) is 2.00. The Bertz CT molecular complexity index is 881. The highest BCUT2D eigenvalue weighted by molar-refractivity contribution is 5.85. The summed E-state index contributed by atoms with van der Waals surface area (Å²) in [5, 5.41) is 17.0. The molecule has 1 heterocycles. The third-order valence-electron chi connectivity index (χ3n) is 3.65. The Morgan fingerprint density at radius 2 is 1.78 bits per heavy atom. The van der Waals surface area contributed by atoms with Gasteiger partial charge in [-0.1, -0.05) is 12.1 Å². The predicted molar refractivity (Wildman–Crippen MR) is 91.3 cm³/mol. The summed E-state index contributed by atoms with van der Waals surface area (Å²) in [5.74, 6) is 0.655. The van der Waals surface area contributed by atoms with E-state index in [0.717, 1.165) is 11.3 Å². The summed E-state index contributed by atoms with van der Waals surface area (Å²) in [6.45, 7) is 0. The standard InChI is InChI=1S/C16H17N5O.ClH/c1-20-10-11-8-9-12(17)15(16(11)21(20)2)19-18-13-6-4-5-7-14(13)22-3;/h4-10,17H,1-3H3;1H. The lowest BCUT2D eigenvalue weighted by Crippen LogP contribution is -2.06. The summed E-state index contributed by atoms with van der Waals surface area (Å²) in [4.78, 5) is 0. The Morgan fingerprint density at radius 3 is 2.52 bits per heavy atom. The van der Waals surface area contributed by atoms with Gasteiger partial charge in [-0.3, -0.25) is 14.8 Å². The van der Waals surface area contributed by atoms with Crippen LogP contribution in [0, 0.1) is 5.41 Å². The number of para-hydroxylation sites is 1. The Labute approximate surface area is 140 Å². The minimum absolute atomic E-state index is 0. The number of rotatable bonds is 3. The van der Waals surface area contributed by atoms with Crippen molar-refractivity contribution in [1.29, 1.82) is 5.41 Å². The average Bonchev–Trinajstić information content (AvgIpc) is 2.82. The van der Waals surface area contributed by atoms with Crippen molar-refractivity contribution >= 4 is 23.8 Å². The van der Waals surface area contributed by atoms with Gasteiger partial charge in [-0.25, -0.2) is 0 Å². The summed E-state index contributed by atoms with van der Waals surface area (Å²) in [7, 11) is 5.48. The molecule has 3 rings (SSSR count). The molecule has 0 bridgehead atoms. The van der Waals surface area contributed by atoms with Crippen molar-refractivity contribution in [3.8, 4) is 17.0 Å². The maximum absolute atomic E-state index is 8.12. The number of benzene rings is 2. The molecule has 1 aromatic rings. The number of fused-ring (bicyclic) bond motifs is 1. The van der Waals surface area contributed by atoms with Crippen LogP contribution in [0.25, 0.3) is 11.3 Å². The lowest BCUT2D eigenvalue weighted by molar-refractivity contribution is 0.416. The minimum Gasteiger partial charge on any atom is -0.494 e. The van der Waals surface area contributed by atoms with Gasteiger partial charge in [0.05, 0.1) is 18.2 Å². The van der Waals surface area contributed by atoms with Crippen LogP contribution in [-0.4, -0.2) is 16.5 Å². The smallest absolute Gasteiger partial charge is 0.146 e. The van der Waals surface area contributed by atoms with Crippen molar-refractivity contribution in [2.24, 2.45) is 24.3 Å². The van der Waals surface area contributed by atoms with Gasteiger partial charge in [0.2, 0.25) is 0 Å². The third-order valence-corrected chi connectivity index (χ3v) is 3.65. The van der Waals surface area contributed by atoms with Crippen LogP contribution < -0.4 is 10.1 Å². The zero-order valence-corrected chi connectivity index (χ0v) is 14.0. The van der Waals surface area contributed by atoms with Crippen molar-refractivity contribution in [2.45, 2.75) is 0 Å². The first-order valence-electron chi connectivity index (χ1n) is 6.86. The van der Waals surface area contributed by atoms with E-state index >= 15 is 0 Å². The van der Waals surface area contributed by atoms with E-state index in [0.29, 0.717) is 22.5 Å². The molecule has 0 fully saturated rings. The summed E-state index contributed by atoms with van der Waals surface area (Å²) < 4.78 is 9.17. The SMILES string of the molecule is COc1ccccc1N=Nc1c2n(C)n(C)cc-2ccc1=N.Cl. The number of hydrogen-bond acceptors (Lipinski definition) is 4. The minimum atomic E-state index is 0. The van der Waals surface area contributed by atoms with Crippen molar-refractivity contribution < 1.29 is 4.74 Å². The van der Waals surface area contributed by atoms with Crippen LogP contribution in [-0.2, 0) is 14.1 Å². The summed E-state index contributed by atoms with van der Waals surface area (Å²) >= 11 is 0. The molecule has 0 saturated heterocycles. The molecular weight excluding hydrogens is 314 g/mol. The second kappa shape index (κ2) is 6.66. The monoisotopic (exact) mass is 331 g/mol. The van der Waals surface area contributed by atoms with Gasteiger partial charge in [0.25, 0.3) is 0 Å². The summed E-state index contributed by atoms with van der Waals surface area (Å²) in [6, 6.07) is 11.1. The number of methoxy groups -OCH3 is 1. The van der Waals surface area contributed by atoms with Crippen LogP contribution in [0.5, 0.6) is 5.75 Å². The van der Waals surface area contributed by atoms with Crippen molar-refractivity contribution in [2.75, 3.05) is 7.11 Å². The number of azo groups is 1. The fraction of sp³-hybridized carbons (Fsp3) is 0.188. The van der Waals surface area contributed by atoms with E-state index < -0.39 is 0 Å². The molecule has 7 heteroatoms. The van der Waals surface area contributed by atoms with E-state index in [1.54, 1.807) is 13.2 Å². The van der Waals surface area contributed by atoms with Crippen molar-refractivity contribution in [3.05, 3.63) is 48.0 Å². The van der Waals surface area contributed by atoms with Gasteiger partial charge in [0.1, 0.15) is 17.1 Å². The molecule has 0 aromatic heterocycles. The molecule has 1 aromatic carbocycles.